The summed E-state index contributed by atoms with van der Waals surface area (Å²) in [6.45, 7) is 0.665. The molecule has 1 heterocycles. The molecule has 3 amide bonds. The molecule has 0 aromatic heterocycles. The monoisotopic (exact) mass is 273 g/mol. The van der Waals surface area contributed by atoms with Crippen LogP contribution in [0.3, 0.4) is 0 Å². The molecule has 5 nitrogen and oxygen atoms in total. The number of carbonyl (C=O) groups is 2. The Kier molecular flexibility index (Phi) is 3.44. The van der Waals surface area contributed by atoms with Gasteiger partial charge in [-0.2, -0.15) is 0 Å². The highest BCUT2D eigenvalue weighted by atomic mass is 16.2. The number of carbonyl (C=O) groups excluding carboxylic acids is 2. The van der Waals surface area contributed by atoms with E-state index in [-0.39, 0.29) is 24.5 Å². The van der Waals surface area contributed by atoms with Gasteiger partial charge in [-0.1, -0.05) is 25.0 Å². The summed E-state index contributed by atoms with van der Waals surface area (Å²) in [5, 5.41) is 0. The quantitative estimate of drug-likeness (QED) is 0.855. The molecule has 5 heteroatoms. The number of rotatable bonds is 3. The van der Waals surface area contributed by atoms with Gasteiger partial charge in [-0.25, -0.2) is 9.69 Å². The van der Waals surface area contributed by atoms with Gasteiger partial charge in [0.25, 0.3) is 5.91 Å². The van der Waals surface area contributed by atoms with Crippen LogP contribution >= 0.6 is 0 Å². The van der Waals surface area contributed by atoms with Crippen LogP contribution in [0.2, 0.25) is 0 Å². The molecule has 0 radical (unpaired) electrons. The van der Waals surface area contributed by atoms with Crippen molar-refractivity contribution in [3.05, 3.63) is 29.8 Å². The summed E-state index contributed by atoms with van der Waals surface area (Å²) in [4.78, 5) is 27.6. The van der Waals surface area contributed by atoms with Gasteiger partial charge in [0.1, 0.15) is 6.54 Å². The van der Waals surface area contributed by atoms with Crippen LogP contribution in [0.15, 0.2) is 24.3 Å². The highest BCUT2D eigenvalue weighted by molar-refractivity contribution is 6.19. The van der Waals surface area contributed by atoms with E-state index in [1.165, 1.54) is 4.90 Å². The zero-order valence-corrected chi connectivity index (χ0v) is 11.4. The molecule has 0 bridgehead atoms. The average molecular weight is 273 g/mol. The molecule has 2 N–H and O–H groups in total. The van der Waals surface area contributed by atoms with E-state index in [0.717, 1.165) is 31.2 Å². The second-order valence-electron chi connectivity index (χ2n) is 5.45. The number of imide groups is 1. The summed E-state index contributed by atoms with van der Waals surface area (Å²) < 4.78 is 0. The second kappa shape index (κ2) is 5.25. The second-order valence-corrected chi connectivity index (χ2v) is 5.45. The highest BCUT2D eigenvalue weighted by Gasteiger charge is 2.41. The van der Waals surface area contributed by atoms with Gasteiger partial charge in [0.05, 0.1) is 5.69 Å². The van der Waals surface area contributed by atoms with Crippen molar-refractivity contribution in [2.75, 3.05) is 11.4 Å². The molecular weight excluding hydrogens is 254 g/mol. The number of nitrogens with zero attached hydrogens (tertiary/aromatic N) is 2. The van der Waals surface area contributed by atoms with E-state index in [0.29, 0.717) is 12.2 Å². The summed E-state index contributed by atoms with van der Waals surface area (Å²) in [6, 6.07) is 7.34. The summed E-state index contributed by atoms with van der Waals surface area (Å²) in [6.07, 6.45) is 4.32. The minimum Gasteiger partial charge on any atom is -0.326 e. The fourth-order valence-electron chi connectivity index (χ4n) is 3.06. The third-order valence-electron chi connectivity index (χ3n) is 4.19. The number of nitrogens with two attached hydrogens (primary N) is 1. The first-order valence-electron chi connectivity index (χ1n) is 7.13. The van der Waals surface area contributed by atoms with Crippen molar-refractivity contribution in [1.29, 1.82) is 0 Å². The fourth-order valence-corrected chi connectivity index (χ4v) is 3.06. The zero-order valence-electron chi connectivity index (χ0n) is 11.4. The predicted octanol–water partition coefficient (Wildman–Crippen LogP) is 1.86. The van der Waals surface area contributed by atoms with Crippen LogP contribution in [0.1, 0.15) is 31.2 Å². The minimum absolute atomic E-state index is 0.137. The fraction of sp³-hybridized carbons (Fsp3) is 0.467. The number of anilines is 1. The Morgan fingerprint density at radius 2 is 1.75 bits per heavy atom. The van der Waals surface area contributed by atoms with Crippen LogP contribution in [0.5, 0.6) is 0 Å². The normalized spacial score (nSPS) is 20.2. The maximum absolute atomic E-state index is 12.5. The number of hydrogen-bond acceptors (Lipinski definition) is 3. The number of amides is 3. The van der Waals surface area contributed by atoms with Crippen LogP contribution in [-0.2, 0) is 11.3 Å². The number of urea groups is 1. The van der Waals surface area contributed by atoms with Crippen molar-refractivity contribution >= 4 is 17.6 Å². The molecule has 2 fully saturated rings. The molecule has 2 aliphatic rings. The Labute approximate surface area is 118 Å². The molecule has 20 heavy (non-hydrogen) atoms. The molecule has 0 spiro atoms. The van der Waals surface area contributed by atoms with Crippen LogP contribution < -0.4 is 10.6 Å². The molecule has 3 rings (SSSR count). The van der Waals surface area contributed by atoms with Crippen molar-refractivity contribution in [1.82, 2.24) is 4.90 Å². The Balaban J connectivity index is 1.82. The van der Waals surface area contributed by atoms with Crippen LogP contribution in [-0.4, -0.2) is 29.4 Å². The lowest BCUT2D eigenvalue weighted by Crippen LogP contribution is -2.38. The lowest BCUT2D eigenvalue weighted by atomic mass is 10.2. The van der Waals surface area contributed by atoms with Gasteiger partial charge in [-0.05, 0) is 30.5 Å². The maximum Gasteiger partial charge on any atom is 0.332 e. The van der Waals surface area contributed by atoms with Crippen molar-refractivity contribution < 1.29 is 9.59 Å². The van der Waals surface area contributed by atoms with Crippen LogP contribution in [0, 0.1) is 0 Å². The Bertz CT molecular complexity index is 520. The Morgan fingerprint density at radius 1 is 1.10 bits per heavy atom. The Hall–Kier alpha value is -1.88. The van der Waals surface area contributed by atoms with E-state index in [2.05, 4.69) is 0 Å². The summed E-state index contributed by atoms with van der Waals surface area (Å²) in [5.41, 5.74) is 7.18. The molecule has 0 atom stereocenters. The largest absolute Gasteiger partial charge is 0.332 e. The highest BCUT2D eigenvalue weighted by Crippen LogP contribution is 2.29. The molecule has 106 valence electrons. The molecule has 1 aromatic rings. The number of benzene rings is 1. The van der Waals surface area contributed by atoms with Crippen molar-refractivity contribution in [2.45, 2.75) is 38.3 Å². The smallest absolute Gasteiger partial charge is 0.326 e. The zero-order chi connectivity index (χ0) is 14.1. The van der Waals surface area contributed by atoms with Crippen LogP contribution in [0.25, 0.3) is 0 Å². The summed E-state index contributed by atoms with van der Waals surface area (Å²) in [7, 11) is 0. The van der Waals surface area contributed by atoms with Gasteiger partial charge in [-0.15, -0.1) is 0 Å². The SMILES string of the molecule is NCc1ccc(N2C(=O)CN(C3CCCC3)C2=O)cc1. The topological polar surface area (TPSA) is 66.6 Å². The summed E-state index contributed by atoms with van der Waals surface area (Å²) >= 11 is 0. The Morgan fingerprint density at radius 3 is 2.35 bits per heavy atom. The molecule has 1 aliphatic heterocycles. The lowest BCUT2D eigenvalue weighted by Gasteiger charge is -2.23. The third kappa shape index (κ3) is 2.18. The van der Waals surface area contributed by atoms with E-state index in [1.54, 1.807) is 17.0 Å². The van der Waals surface area contributed by atoms with E-state index in [1.807, 2.05) is 12.1 Å². The van der Waals surface area contributed by atoms with Gasteiger partial charge in [-0.3, -0.25) is 4.79 Å². The standard InChI is InChI=1S/C15H19N3O2/c16-9-11-5-7-13(8-6-11)18-14(19)10-17(15(18)20)12-3-1-2-4-12/h5-8,12H,1-4,9-10,16H2. The average Bonchev–Trinajstić information content (AvgIpc) is 3.07. The van der Waals surface area contributed by atoms with Gasteiger partial charge in [0, 0.05) is 12.6 Å². The van der Waals surface area contributed by atoms with Crippen LogP contribution in [0.4, 0.5) is 10.5 Å². The molecule has 0 unspecified atom stereocenters. The van der Waals surface area contributed by atoms with E-state index in [4.69, 9.17) is 5.73 Å². The third-order valence-corrected chi connectivity index (χ3v) is 4.19. The molecule has 1 saturated carbocycles. The number of hydrogen-bond donors (Lipinski definition) is 1. The van der Waals surface area contributed by atoms with Gasteiger partial charge >= 0.3 is 6.03 Å². The maximum atomic E-state index is 12.5. The van der Waals surface area contributed by atoms with Gasteiger partial charge in [0.2, 0.25) is 0 Å². The van der Waals surface area contributed by atoms with Crippen molar-refractivity contribution in [3.8, 4) is 0 Å². The van der Waals surface area contributed by atoms with E-state index >= 15 is 0 Å². The molecular formula is C15H19N3O2. The van der Waals surface area contributed by atoms with Crippen molar-refractivity contribution in [3.63, 3.8) is 0 Å². The first-order chi connectivity index (χ1) is 9.70. The van der Waals surface area contributed by atoms with Crippen molar-refractivity contribution in [2.24, 2.45) is 5.73 Å². The van der Waals surface area contributed by atoms with E-state index < -0.39 is 0 Å². The molecule has 1 aliphatic carbocycles. The van der Waals surface area contributed by atoms with Gasteiger partial charge in [0.15, 0.2) is 0 Å². The summed E-state index contributed by atoms with van der Waals surface area (Å²) in [5.74, 6) is -0.137. The van der Waals surface area contributed by atoms with Gasteiger partial charge < -0.3 is 10.6 Å². The van der Waals surface area contributed by atoms with E-state index in [9.17, 15) is 9.59 Å². The predicted molar refractivity (Wildman–Crippen MR) is 76.2 cm³/mol. The lowest BCUT2D eigenvalue weighted by molar-refractivity contribution is -0.116. The first-order valence-corrected chi connectivity index (χ1v) is 7.13. The minimum atomic E-state index is -0.178. The first kappa shape index (κ1) is 13.1. The molecule has 1 saturated heterocycles. The molecule has 1 aromatic carbocycles.